The predicted octanol–water partition coefficient (Wildman–Crippen LogP) is 3.94. The Hall–Kier alpha value is -2.94. The lowest BCUT2D eigenvalue weighted by Crippen LogP contribution is -2.19. The number of ether oxygens (including phenoxy) is 1. The van der Waals surface area contributed by atoms with E-state index in [1.807, 2.05) is 54.6 Å². The Balaban J connectivity index is 1.61. The zero-order valence-electron chi connectivity index (χ0n) is 14.1. The summed E-state index contributed by atoms with van der Waals surface area (Å²) >= 11 is 5.26. The molecule has 0 aliphatic rings. The van der Waals surface area contributed by atoms with E-state index in [1.165, 1.54) is 12.1 Å². The zero-order valence-corrected chi connectivity index (χ0v) is 15.8. The van der Waals surface area contributed by atoms with Crippen molar-refractivity contribution in [2.24, 2.45) is 5.14 Å². The van der Waals surface area contributed by atoms with Crippen LogP contribution in [-0.2, 0) is 10.0 Å². The van der Waals surface area contributed by atoms with Crippen LogP contribution in [0.4, 0.5) is 11.4 Å². The molecule has 8 heteroatoms. The number of sulfonamides is 1. The van der Waals surface area contributed by atoms with Gasteiger partial charge in [-0.3, -0.25) is 0 Å². The van der Waals surface area contributed by atoms with E-state index in [4.69, 9.17) is 22.1 Å². The Bertz CT molecular complexity index is 1040. The van der Waals surface area contributed by atoms with Gasteiger partial charge in [-0.2, -0.15) is 0 Å². The summed E-state index contributed by atoms with van der Waals surface area (Å²) in [6.07, 6.45) is 0. The van der Waals surface area contributed by atoms with Crippen molar-refractivity contribution in [2.75, 3.05) is 10.6 Å². The molecule has 3 aromatic carbocycles. The van der Waals surface area contributed by atoms with Gasteiger partial charge in [0.25, 0.3) is 0 Å². The molecule has 0 radical (unpaired) electrons. The Morgan fingerprint density at radius 2 is 1.44 bits per heavy atom. The first-order valence-corrected chi connectivity index (χ1v) is 9.89. The highest BCUT2D eigenvalue weighted by Gasteiger charge is 2.08. The Labute approximate surface area is 163 Å². The van der Waals surface area contributed by atoms with E-state index >= 15 is 0 Å². The molecular weight excluding hydrogens is 382 g/mol. The standard InChI is InChI=1S/C19H17N3O3S2/c20-27(23,24)18-8-4-5-15(13-18)22-19(26)21-14-9-11-17(12-10-14)25-16-6-2-1-3-7-16/h1-13H,(H2,20,23,24)(H2,21,22,26). The number of anilines is 2. The van der Waals surface area contributed by atoms with Gasteiger partial charge in [-0.15, -0.1) is 0 Å². The van der Waals surface area contributed by atoms with Crippen LogP contribution < -0.4 is 20.5 Å². The lowest BCUT2D eigenvalue weighted by Gasteiger charge is -2.12. The molecule has 138 valence electrons. The number of primary sulfonamides is 1. The molecule has 0 amide bonds. The van der Waals surface area contributed by atoms with Crippen molar-refractivity contribution in [2.45, 2.75) is 4.90 Å². The van der Waals surface area contributed by atoms with E-state index in [9.17, 15) is 8.42 Å². The lowest BCUT2D eigenvalue weighted by atomic mass is 10.3. The van der Waals surface area contributed by atoms with Gasteiger partial charge in [0.15, 0.2) is 5.11 Å². The number of para-hydroxylation sites is 1. The van der Waals surface area contributed by atoms with Crippen molar-refractivity contribution >= 4 is 38.7 Å². The van der Waals surface area contributed by atoms with Crippen molar-refractivity contribution in [1.29, 1.82) is 0 Å². The van der Waals surface area contributed by atoms with Gasteiger partial charge in [-0.05, 0) is 66.8 Å². The van der Waals surface area contributed by atoms with Gasteiger partial charge in [0.2, 0.25) is 10.0 Å². The topological polar surface area (TPSA) is 93.5 Å². The number of thiocarbonyl (C=S) groups is 1. The van der Waals surface area contributed by atoms with Crippen molar-refractivity contribution in [3.8, 4) is 11.5 Å². The third-order valence-electron chi connectivity index (χ3n) is 3.51. The summed E-state index contributed by atoms with van der Waals surface area (Å²) in [5.41, 5.74) is 1.28. The van der Waals surface area contributed by atoms with Crippen LogP contribution in [0.3, 0.4) is 0 Å². The third kappa shape index (κ3) is 5.52. The van der Waals surface area contributed by atoms with Crippen LogP contribution in [0, 0.1) is 0 Å². The van der Waals surface area contributed by atoms with Gasteiger partial charge in [0.1, 0.15) is 11.5 Å². The molecule has 0 fully saturated rings. The second-order valence-electron chi connectivity index (χ2n) is 5.59. The summed E-state index contributed by atoms with van der Waals surface area (Å²) in [4.78, 5) is 0.0118. The van der Waals surface area contributed by atoms with E-state index in [0.29, 0.717) is 16.5 Å². The highest BCUT2D eigenvalue weighted by molar-refractivity contribution is 7.89. The minimum absolute atomic E-state index is 0.0118. The molecule has 0 heterocycles. The van der Waals surface area contributed by atoms with Gasteiger partial charge in [-0.1, -0.05) is 24.3 Å². The van der Waals surface area contributed by atoms with Crippen LogP contribution in [-0.4, -0.2) is 13.5 Å². The second-order valence-corrected chi connectivity index (χ2v) is 7.56. The summed E-state index contributed by atoms with van der Waals surface area (Å²) in [7, 11) is -3.77. The smallest absolute Gasteiger partial charge is 0.238 e. The molecule has 0 unspecified atom stereocenters. The molecule has 0 saturated carbocycles. The quantitative estimate of drug-likeness (QED) is 0.563. The van der Waals surface area contributed by atoms with Gasteiger partial charge in [0, 0.05) is 11.4 Å². The maximum absolute atomic E-state index is 11.4. The van der Waals surface area contributed by atoms with E-state index in [-0.39, 0.29) is 4.90 Å². The van der Waals surface area contributed by atoms with Crippen molar-refractivity contribution in [3.05, 3.63) is 78.9 Å². The molecule has 27 heavy (non-hydrogen) atoms. The van der Waals surface area contributed by atoms with E-state index in [2.05, 4.69) is 10.6 Å². The molecular formula is C19H17N3O3S2. The fourth-order valence-electron chi connectivity index (χ4n) is 2.28. The van der Waals surface area contributed by atoms with Crippen LogP contribution in [0.2, 0.25) is 0 Å². The first kappa shape index (κ1) is 18.8. The average molecular weight is 399 g/mol. The molecule has 0 bridgehead atoms. The van der Waals surface area contributed by atoms with Crippen LogP contribution in [0.25, 0.3) is 0 Å². The summed E-state index contributed by atoms with van der Waals surface area (Å²) in [5, 5.41) is 11.4. The lowest BCUT2D eigenvalue weighted by molar-refractivity contribution is 0.483. The molecule has 0 aliphatic heterocycles. The summed E-state index contributed by atoms with van der Waals surface area (Å²) < 4.78 is 28.6. The number of hydrogen-bond acceptors (Lipinski definition) is 4. The molecule has 6 nitrogen and oxygen atoms in total. The van der Waals surface area contributed by atoms with Crippen LogP contribution in [0.15, 0.2) is 83.8 Å². The Morgan fingerprint density at radius 3 is 2.11 bits per heavy atom. The maximum atomic E-state index is 11.4. The third-order valence-corrected chi connectivity index (χ3v) is 4.63. The molecule has 0 saturated heterocycles. The molecule has 0 aliphatic carbocycles. The number of benzene rings is 3. The second kappa shape index (κ2) is 8.17. The zero-order chi connectivity index (χ0) is 19.3. The highest BCUT2D eigenvalue weighted by atomic mass is 32.2. The van der Waals surface area contributed by atoms with E-state index in [1.54, 1.807) is 12.1 Å². The minimum atomic E-state index is -3.77. The number of nitrogens with two attached hydrogens (primary N) is 1. The highest BCUT2D eigenvalue weighted by Crippen LogP contribution is 2.23. The van der Waals surface area contributed by atoms with Crippen LogP contribution in [0.1, 0.15) is 0 Å². The monoisotopic (exact) mass is 399 g/mol. The van der Waals surface area contributed by atoms with E-state index in [0.717, 1.165) is 11.4 Å². The fraction of sp³-hybridized carbons (Fsp3) is 0. The molecule has 3 aromatic rings. The SMILES string of the molecule is NS(=O)(=O)c1cccc(NC(=S)Nc2ccc(Oc3ccccc3)cc2)c1. The normalized spacial score (nSPS) is 10.9. The van der Waals surface area contributed by atoms with Crippen LogP contribution >= 0.6 is 12.2 Å². The molecule has 0 atom stereocenters. The van der Waals surface area contributed by atoms with E-state index < -0.39 is 10.0 Å². The van der Waals surface area contributed by atoms with Crippen molar-refractivity contribution in [1.82, 2.24) is 0 Å². The molecule has 4 N–H and O–H groups in total. The molecule has 0 spiro atoms. The molecule has 3 rings (SSSR count). The average Bonchev–Trinajstić information content (AvgIpc) is 2.64. The summed E-state index contributed by atoms with van der Waals surface area (Å²) in [6.45, 7) is 0. The predicted molar refractivity (Wildman–Crippen MR) is 111 cm³/mol. The number of rotatable bonds is 5. The van der Waals surface area contributed by atoms with Gasteiger partial charge < -0.3 is 15.4 Å². The first-order valence-electron chi connectivity index (χ1n) is 7.94. The maximum Gasteiger partial charge on any atom is 0.238 e. The first-order chi connectivity index (χ1) is 12.9. The fourth-order valence-corrected chi connectivity index (χ4v) is 3.07. The number of nitrogens with one attached hydrogen (secondary N) is 2. The number of hydrogen-bond donors (Lipinski definition) is 3. The van der Waals surface area contributed by atoms with Crippen LogP contribution in [0.5, 0.6) is 11.5 Å². The minimum Gasteiger partial charge on any atom is -0.457 e. The van der Waals surface area contributed by atoms with Crippen molar-refractivity contribution in [3.63, 3.8) is 0 Å². The van der Waals surface area contributed by atoms with Gasteiger partial charge >= 0.3 is 0 Å². The van der Waals surface area contributed by atoms with Gasteiger partial charge in [-0.25, -0.2) is 13.6 Å². The van der Waals surface area contributed by atoms with Crippen molar-refractivity contribution < 1.29 is 13.2 Å². The Kier molecular flexibility index (Phi) is 5.70. The largest absolute Gasteiger partial charge is 0.457 e. The summed E-state index contributed by atoms with van der Waals surface area (Å²) in [6, 6.07) is 22.9. The van der Waals surface area contributed by atoms with Gasteiger partial charge in [0.05, 0.1) is 4.90 Å². The summed E-state index contributed by atoms with van der Waals surface area (Å²) in [5.74, 6) is 1.46. The molecule has 0 aromatic heterocycles. The Morgan fingerprint density at radius 1 is 0.815 bits per heavy atom.